The van der Waals surface area contributed by atoms with Crippen LogP contribution in [0.2, 0.25) is 0 Å². The maximum Gasteiger partial charge on any atom is 0.308 e. The first-order valence-corrected chi connectivity index (χ1v) is 7.04. The summed E-state index contributed by atoms with van der Waals surface area (Å²) in [5.41, 5.74) is 1.24. The Morgan fingerprint density at radius 2 is 2.05 bits per heavy atom. The van der Waals surface area contributed by atoms with Gasteiger partial charge in [-0.15, -0.1) is 6.58 Å². The average Bonchev–Trinajstić information content (AvgIpc) is 2.46. The predicted molar refractivity (Wildman–Crippen MR) is 79.7 cm³/mol. The van der Waals surface area contributed by atoms with E-state index in [1.54, 1.807) is 0 Å². The molecule has 1 aromatic carbocycles. The molecule has 0 bridgehead atoms. The second kappa shape index (κ2) is 7.22. The summed E-state index contributed by atoms with van der Waals surface area (Å²) >= 11 is 0. The Balaban J connectivity index is 2.11. The van der Waals surface area contributed by atoms with Crippen molar-refractivity contribution < 1.29 is 9.53 Å². The molecule has 0 spiro atoms. The van der Waals surface area contributed by atoms with E-state index in [9.17, 15) is 4.79 Å². The lowest BCUT2D eigenvalue weighted by Crippen LogP contribution is -2.45. The van der Waals surface area contributed by atoms with Gasteiger partial charge < -0.3 is 10.1 Å². The van der Waals surface area contributed by atoms with Crippen LogP contribution >= 0.6 is 0 Å². The van der Waals surface area contributed by atoms with E-state index in [1.807, 2.05) is 30.3 Å². The molecule has 0 unspecified atom stereocenters. The first kappa shape index (κ1) is 14.8. The van der Waals surface area contributed by atoms with Gasteiger partial charge in [-0.3, -0.25) is 9.69 Å². The van der Waals surface area contributed by atoms with Crippen LogP contribution in [0.3, 0.4) is 0 Å². The van der Waals surface area contributed by atoms with Crippen LogP contribution in [-0.2, 0) is 4.79 Å². The lowest BCUT2D eigenvalue weighted by molar-refractivity contribution is -0.131. The van der Waals surface area contributed by atoms with E-state index in [-0.39, 0.29) is 5.97 Å². The zero-order valence-corrected chi connectivity index (χ0v) is 12.0. The van der Waals surface area contributed by atoms with Gasteiger partial charge in [0.1, 0.15) is 5.75 Å². The van der Waals surface area contributed by atoms with E-state index in [0.717, 1.165) is 32.6 Å². The van der Waals surface area contributed by atoms with Gasteiger partial charge in [0, 0.05) is 39.1 Å². The van der Waals surface area contributed by atoms with Crippen LogP contribution in [0.1, 0.15) is 24.9 Å². The number of rotatable bonds is 5. The van der Waals surface area contributed by atoms with E-state index in [0.29, 0.717) is 11.8 Å². The third kappa shape index (κ3) is 3.92. The molecule has 4 heteroatoms. The third-order valence-corrected chi connectivity index (χ3v) is 3.51. The Morgan fingerprint density at radius 3 is 2.60 bits per heavy atom. The molecule has 1 aromatic rings. The average molecular weight is 274 g/mol. The summed E-state index contributed by atoms with van der Waals surface area (Å²) < 4.78 is 5.07. The van der Waals surface area contributed by atoms with Crippen LogP contribution < -0.4 is 10.1 Å². The van der Waals surface area contributed by atoms with Crippen molar-refractivity contribution in [1.82, 2.24) is 10.2 Å². The molecule has 2 rings (SSSR count). The minimum atomic E-state index is -0.289. The highest BCUT2D eigenvalue weighted by molar-refractivity contribution is 5.69. The number of benzene rings is 1. The molecule has 20 heavy (non-hydrogen) atoms. The quantitative estimate of drug-likeness (QED) is 0.507. The fourth-order valence-corrected chi connectivity index (χ4v) is 2.57. The highest BCUT2D eigenvalue weighted by Gasteiger charge is 2.20. The molecule has 1 atom stereocenters. The summed E-state index contributed by atoms with van der Waals surface area (Å²) in [6.45, 7) is 9.42. The highest BCUT2D eigenvalue weighted by Crippen LogP contribution is 2.26. The Hall–Kier alpha value is -1.65. The lowest BCUT2D eigenvalue weighted by Gasteiger charge is -2.34. The zero-order chi connectivity index (χ0) is 14.4. The minimum absolute atomic E-state index is 0.289. The Labute approximate surface area is 120 Å². The van der Waals surface area contributed by atoms with Gasteiger partial charge in [-0.25, -0.2) is 0 Å². The molecule has 4 nitrogen and oxygen atoms in total. The minimum Gasteiger partial charge on any atom is -0.427 e. The van der Waals surface area contributed by atoms with Gasteiger partial charge in [-0.1, -0.05) is 18.2 Å². The van der Waals surface area contributed by atoms with Crippen molar-refractivity contribution in [2.45, 2.75) is 19.4 Å². The molecule has 0 radical (unpaired) electrons. The number of carbonyl (C=O) groups is 1. The van der Waals surface area contributed by atoms with E-state index < -0.39 is 0 Å². The molecule has 1 fully saturated rings. The first-order valence-electron chi connectivity index (χ1n) is 7.04. The van der Waals surface area contributed by atoms with Crippen LogP contribution in [0.4, 0.5) is 0 Å². The largest absolute Gasteiger partial charge is 0.427 e. The molecule has 1 heterocycles. The lowest BCUT2D eigenvalue weighted by atomic mass is 10.0. The van der Waals surface area contributed by atoms with Crippen LogP contribution in [0.5, 0.6) is 5.75 Å². The molecule has 1 saturated heterocycles. The fourth-order valence-electron chi connectivity index (χ4n) is 2.57. The number of nitrogens with one attached hydrogen (secondary N) is 1. The first-order chi connectivity index (χ1) is 9.70. The maximum atomic E-state index is 10.9. The molecule has 1 aliphatic rings. The van der Waals surface area contributed by atoms with Crippen molar-refractivity contribution in [3.05, 3.63) is 42.5 Å². The van der Waals surface area contributed by atoms with Gasteiger partial charge in [0.2, 0.25) is 0 Å². The Morgan fingerprint density at radius 1 is 1.40 bits per heavy atom. The number of piperazine rings is 1. The van der Waals surface area contributed by atoms with E-state index in [2.05, 4.69) is 16.8 Å². The van der Waals surface area contributed by atoms with Crippen LogP contribution in [0.15, 0.2) is 36.9 Å². The number of carbonyl (C=O) groups excluding carboxylic acids is 1. The van der Waals surface area contributed by atoms with Crippen molar-refractivity contribution in [2.24, 2.45) is 0 Å². The van der Waals surface area contributed by atoms with Gasteiger partial charge in [-0.2, -0.15) is 0 Å². The van der Waals surface area contributed by atoms with Gasteiger partial charge in [0.25, 0.3) is 0 Å². The number of esters is 1. The second-order valence-corrected chi connectivity index (χ2v) is 4.99. The zero-order valence-electron chi connectivity index (χ0n) is 12.0. The molecule has 0 aromatic heterocycles. The van der Waals surface area contributed by atoms with Crippen molar-refractivity contribution in [3.8, 4) is 5.75 Å². The van der Waals surface area contributed by atoms with E-state index >= 15 is 0 Å². The van der Waals surface area contributed by atoms with Crippen LogP contribution in [0.25, 0.3) is 0 Å². The highest BCUT2D eigenvalue weighted by atomic mass is 16.5. The SMILES string of the molecule is C=CC[C@@H](c1ccc(OC(C)=O)cc1)N1CCNCC1. The molecular weight excluding hydrogens is 252 g/mol. The Kier molecular flexibility index (Phi) is 5.32. The Bertz CT molecular complexity index is 450. The maximum absolute atomic E-state index is 10.9. The van der Waals surface area contributed by atoms with E-state index in [4.69, 9.17) is 4.74 Å². The van der Waals surface area contributed by atoms with Gasteiger partial charge in [0.05, 0.1) is 0 Å². The third-order valence-electron chi connectivity index (χ3n) is 3.51. The fraction of sp³-hybridized carbons (Fsp3) is 0.438. The summed E-state index contributed by atoms with van der Waals surface area (Å²) in [4.78, 5) is 13.4. The molecule has 1 N–H and O–H groups in total. The standard InChI is InChI=1S/C16H22N2O2/c1-3-4-16(18-11-9-17-10-12-18)14-5-7-15(8-6-14)20-13(2)19/h3,5-8,16-17H,1,4,9-12H2,2H3/t16-/m0/s1. The summed E-state index contributed by atoms with van der Waals surface area (Å²) in [6.07, 6.45) is 2.89. The van der Waals surface area contributed by atoms with Crippen molar-refractivity contribution in [3.63, 3.8) is 0 Å². The number of ether oxygens (including phenoxy) is 1. The second-order valence-electron chi connectivity index (χ2n) is 4.99. The molecule has 0 saturated carbocycles. The van der Waals surface area contributed by atoms with Gasteiger partial charge in [-0.05, 0) is 24.1 Å². The molecule has 0 aliphatic carbocycles. The molecule has 108 valence electrons. The van der Waals surface area contributed by atoms with Gasteiger partial charge in [0.15, 0.2) is 0 Å². The summed E-state index contributed by atoms with van der Waals surface area (Å²) in [7, 11) is 0. The summed E-state index contributed by atoms with van der Waals surface area (Å²) in [6, 6.07) is 8.13. The number of nitrogens with zero attached hydrogens (tertiary/aromatic N) is 1. The predicted octanol–water partition coefficient (Wildman–Crippen LogP) is 2.13. The number of hydrogen-bond donors (Lipinski definition) is 1. The molecule has 0 amide bonds. The normalized spacial score (nSPS) is 17.4. The van der Waals surface area contributed by atoms with Crippen molar-refractivity contribution >= 4 is 5.97 Å². The van der Waals surface area contributed by atoms with Crippen LogP contribution in [0, 0.1) is 0 Å². The van der Waals surface area contributed by atoms with Crippen LogP contribution in [-0.4, -0.2) is 37.0 Å². The monoisotopic (exact) mass is 274 g/mol. The molecular formula is C16H22N2O2. The van der Waals surface area contributed by atoms with Crippen molar-refractivity contribution in [1.29, 1.82) is 0 Å². The smallest absolute Gasteiger partial charge is 0.308 e. The number of hydrogen-bond acceptors (Lipinski definition) is 4. The van der Waals surface area contributed by atoms with Gasteiger partial charge >= 0.3 is 5.97 Å². The summed E-state index contributed by atoms with van der Waals surface area (Å²) in [5.74, 6) is 0.307. The van der Waals surface area contributed by atoms with E-state index in [1.165, 1.54) is 12.5 Å². The topological polar surface area (TPSA) is 41.6 Å². The summed E-state index contributed by atoms with van der Waals surface area (Å²) in [5, 5.41) is 3.37. The molecule has 1 aliphatic heterocycles. The van der Waals surface area contributed by atoms with Crippen molar-refractivity contribution in [2.75, 3.05) is 26.2 Å².